The monoisotopic (exact) mass is 262 g/mol. The smallest absolute Gasteiger partial charge is 0.251 e. The Labute approximate surface area is 112 Å². The van der Waals surface area contributed by atoms with Crippen molar-refractivity contribution in [1.82, 2.24) is 10.2 Å². The van der Waals surface area contributed by atoms with Gasteiger partial charge in [-0.25, -0.2) is 0 Å². The lowest BCUT2D eigenvalue weighted by Crippen LogP contribution is -2.52. The minimum atomic E-state index is -0.662. The van der Waals surface area contributed by atoms with Gasteiger partial charge in [0.25, 0.3) is 5.91 Å². The molecule has 0 spiro atoms. The Bertz CT molecular complexity index is 461. The van der Waals surface area contributed by atoms with Gasteiger partial charge in [0.05, 0.1) is 6.04 Å². The Balaban J connectivity index is 2.31. The molecule has 1 N–H and O–H groups in total. The highest BCUT2D eigenvalue weighted by molar-refractivity contribution is 5.86. The van der Waals surface area contributed by atoms with Crippen LogP contribution in [0.2, 0.25) is 0 Å². The van der Waals surface area contributed by atoms with E-state index in [1.165, 1.54) is 0 Å². The number of rotatable bonds is 3. The molecule has 0 radical (unpaired) electrons. The molecule has 19 heavy (non-hydrogen) atoms. The highest BCUT2D eigenvalue weighted by Crippen LogP contribution is 2.28. The molecule has 1 aromatic carbocycles. The summed E-state index contributed by atoms with van der Waals surface area (Å²) < 4.78 is 5.44. The Kier molecular flexibility index (Phi) is 4.16. The predicted molar refractivity (Wildman–Crippen MR) is 70.4 cm³/mol. The first-order valence-corrected chi connectivity index (χ1v) is 6.35. The van der Waals surface area contributed by atoms with Crippen LogP contribution in [0.5, 0.6) is 0 Å². The second-order valence-corrected chi connectivity index (χ2v) is 4.49. The summed E-state index contributed by atoms with van der Waals surface area (Å²) in [5.41, 5.74) is 0.898. The summed E-state index contributed by atoms with van der Waals surface area (Å²) in [4.78, 5) is 25.4. The largest absolute Gasteiger partial charge is 0.356 e. The summed E-state index contributed by atoms with van der Waals surface area (Å²) in [6.45, 7) is 2.34. The van der Waals surface area contributed by atoms with E-state index in [0.717, 1.165) is 5.56 Å². The lowest BCUT2D eigenvalue weighted by molar-refractivity contribution is -0.162. The van der Waals surface area contributed by atoms with Gasteiger partial charge < -0.3 is 15.0 Å². The van der Waals surface area contributed by atoms with E-state index in [1.807, 2.05) is 37.3 Å². The number of morpholine rings is 1. The lowest BCUT2D eigenvalue weighted by atomic mass is 9.97. The van der Waals surface area contributed by atoms with E-state index >= 15 is 0 Å². The van der Waals surface area contributed by atoms with Crippen LogP contribution in [0.3, 0.4) is 0 Å². The minimum Gasteiger partial charge on any atom is -0.356 e. The molecular formula is C14H18N2O3. The van der Waals surface area contributed by atoms with Crippen LogP contribution in [0.15, 0.2) is 30.3 Å². The van der Waals surface area contributed by atoms with Gasteiger partial charge in [0.1, 0.15) is 6.61 Å². The van der Waals surface area contributed by atoms with Crippen LogP contribution in [0.25, 0.3) is 0 Å². The van der Waals surface area contributed by atoms with E-state index in [0.29, 0.717) is 6.54 Å². The predicted octanol–water partition coefficient (Wildman–Crippen LogP) is 0.721. The van der Waals surface area contributed by atoms with Crippen LogP contribution in [0.4, 0.5) is 0 Å². The van der Waals surface area contributed by atoms with E-state index in [-0.39, 0.29) is 24.5 Å². The summed E-state index contributed by atoms with van der Waals surface area (Å²) in [6, 6.07) is 9.09. The maximum atomic E-state index is 12.1. The Morgan fingerprint density at radius 3 is 2.74 bits per heavy atom. The first kappa shape index (κ1) is 13.5. The second-order valence-electron chi connectivity index (χ2n) is 4.49. The summed E-state index contributed by atoms with van der Waals surface area (Å²) in [5, 5.41) is 2.75. The molecule has 0 aromatic heterocycles. The zero-order chi connectivity index (χ0) is 13.8. The van der Waals surface area contributed by atoms with Gasteiger partial charge >= 0.3 is 0 Å². The first-order chi connectivity index (χ1) is 9.15. The van der Waals surface area contributed by atoms with Crippen molar-refractivity contribution in [2.45, 2.75) is 19.1 Å². The van der Waals surface area contributed by atoms with Crippen molar-refractivity contribution in [2.75, 3.05) is 20.2 Å². The molecule has 0 aliphatic carbocycles. The molecule has 0 unspecified atom stereocenters. The van der Waals surface area contributed by atoms with Crippen molar-refractivity contribution >= 4 is 11.8 Å². The first-order valence-electron chi connectivity index (χ1n) is 6.35. The molecule has 1 aliphatic rings. The summed E-state index contributed by atoms with van der Waals surface area (Å²) >= 11 is 0. The number of amides is 2. The third-order valence-electron chi connectivity index (χ3n) is 3.23. The number of hydrogen-bond acceptors (Lipinski definition) is 3. The van der Waals surface area contributed by atoms with Crippen LogP contribution in [0.1, 0.15) is 18.5 Å². The van der Waals surface area contributed by atoms with Crippen molar-refractivity contribution in [1.29, 1.82) is 0 Å². The molecule has 102 valence electrons. The number of carbonyl (C=O) groups is 2. The topological polar surface area (TPSA) is 58.6 Å². The molecule has 2 atom stereocenters. The van der Waals surface area contributed by atoms with E-state index in [2.05, 4.69) is 5.32 Å². The number of ether oxygens (including phenoxy) is 1. The average Bonchev–Trinajstić information content (AvgIpc) is 2.43. The summed E-state index contributed by atoms with van der Waals surface area (Å²) in [5.74, 6) is -0.301. The molecule has 2 amide bonds. The molecule has 1 saturated heterocycles. The molecule has 1 aromatic rings. The molecule has 1 fully saturated rings. The van der Waals surface area contributed by atoms with Crippen molar-refractivity contribution in [3.05, 3.63) is 35.9 Å². The van der Waals surface area contributed by atoms with Crippen LogP contribution in [-0.4, -0.2) is 43.0 Å². The Morgan fingerprint density at radius 2 is 2.11 bits per heavy atom. The Hall–Kier alpha value is -1.88. The van der Waals surface area contributed by atoms with E-state index in [1.54, 1.807) is 11.9 Å². The fourth-order valence-electron chi connectivity index (χ4n) is 2.25. The molecule has 5 nitrogen and oxygen atoms in total. The zero-order valence-electron chi connectivity index (χ0n) is 11.1. The third kappa shape index (κ3) is 2.76. The minimum absolute atomic E-state index is 0.0539. The maximum Gasteiger partial charge on any atom is 0.251 e. The van der Waals surface area contributed by atoms with Gasteiger partial charge in [-0.05, 0) is 12.5 Å². The number of nitrogens with one attached hydrogen (secondary N) is 1. The van der Waals surface area contributed by atoms with Crippen molar-refractivity contribution in [2.24, 2.45) is 0 Å². The number of likely N-dealkylation sites (N-methyl/N-ethyl adjacent to an activating group) is 2. The second kappa shape index (κ2) is 5.84. The highest BCUT2D eigenvalue weighted by atomic mass is 16.5. The number of benzene rings is 1. The van der Waals surface area contributed by atoms with Crippen LogP contribution in [-0.2, 0) is 14.3 Å². The fraction of sp³-hybridized carbons (Fsp3) is 0.429. The number of hydrogen-bond donors (Lipinski definition) is 1. The molecule has 1 heterocycles. The van der Waals surface area contributed by atoms with Gasteiger partial charge in [-0.2, -0.15) is 0 Å². The summed E-state index contributed by atoms with van der Waals surface area (Å²) in [7, 11) is 1.70. The van der Waals surface area contributed by atoms with Gasteiger partial charge in [-0.3, -0.25) is 9.59 Å². The molecule has 0 saturated carbocycles. The maximum absolute atomic E-state index is 12.1. The van der Waals surface area contributed by atoms with Crippen molar-refractivity contribution in [3.8, 4) is 0 Å². The van der Waals surface area contributed by atoms with Gasteiger partial charge in [0.2, 0.25) is 5.91 Å². The van der Waals surface area contributed by atoms with Crippen LogP contribution < -0.4 is 5.32 Å². The van der Waals surface area contributed by atoms with Crippen molar-refractivity contribution < 1.29 is 14.3 Å². The molecule has 0 bridgehead atoms. The summed E-state index contributed by atoms with van der Waals surface area (Å²) in [6.07, 6.45) is -0.662. The standard InChI is InChI=1S/C14H18N2O3/c1-3-15-14(18)13-12(10-7-5-4-6-8-10)16(2)11(17)9-19-13/h4-8,12-13H,3,9H2,1-2H3,(H,15,18)/t12-,13-/m1/s1. The van der Waals surface area contributed by atoms with Crippen LogP contribution in [0, 0.1) is 0 Å². The quantitative estimate of drug-likeness (QED) is 0.873. The Morgan fingerprint density at radius 1 is 1.42 bits per heavy atom. The van der Waals surface area contributed by atoms with Gasteiger partial charge in [-0.1, -0.05) is 30.3 Å². The molecule has 5 heteroatoms. The van der Waals surface area contributed by atoms with Crippen LogP contribution >= 0.6 is 0 Å². The lowest BCUT2D eigenvalue weighted by Gasteiger charge is -2.38. The molecule has 2 rings (SSSR count). The molecule has 1 aliphatic heterocycles. The van der Waals surface area contributed by atoms with E-state index < -0.39 is 6.10 Å². The highest BCUT2D eigenvalue weighted by Gasteiger charge is 2.39. The van der Waals surface area contributed by atoms with E-state index in [4.69, 9.17) is 4.74 Å². The van der Waals surface area contributed by atoms with Gasteiger partial charge in [-0.15, -0.1) is 0 Å². The fourth-order valence-corrected chi connectivity index (χ4v) is 2.25. The average molecular weight is 262 g/mol. The van der Waals surface area contributed by atoms with E-state index in [9.17, 15) is 9.59 Å². The number of nitrogens with zero attached hydrogens (tertiary/aromatic N) is 1. The normalized spacial score (nSPS) is 23.3. The van der Waals surface area contributed by atoms with Gasteiger partial charge in [0.15, 0.2) is 6.10 Å². The van der Waals surface area contributed by atoms with Crippen molar-refractivity contribution in [3.63, 3.8) is 0 Å². The van der Waals surface area contributed by atoms with Gasteiger partial charge in [0, 0.05) is 13.6 Å². The SMILES string of the molecule is CCNC(=O)[C@@H]1OCC(=O)N(C)[C@@H]1c1ccccc1. The molecular weight excluding hydrogens is 244 g/mol. The number of carbonyl (C=O) groups excluding carboxylic acids is 2. The third-order valence-corrected chi connectivity index (χ3v) is 3.23. The zero-order valence-corrected chi connectivity index (χ0v) is 11.1.